The molecule has 4 heteroatoms. The number of carbonyl (C=O) groups excluding carboxylic acids is 1. The van der Waals surface area contributed by atoms with Crippen LogP contribution < -0.4 is 11.1 Å². The minimum Gasteiger partial charge on any atom is -0.399 e. The highest BCUT2D eigenvalue weighted by Gasteiger charge is 2.30. The van der Waals surface area contributed by atoms with Crippen LogP contribution >= 0.6 is 0 Å². The summed E-state index contributed by atoms with van der Waals surface area (Å²) in [6.07, 6.45) is 2.05. The molecule has 0 aromatic heterocycles. The van der Waals surface area contributed by atoms with Gasteiger partial charge >= 0.3 is 0 Å². The Morgan fingerprint density at radius 3 is 3.06 bits per heavy atom. The minimum atomic E-state index is -0.212. The number of ether oxygens (including phenoxy) is 1. The molecule has 4 nitrogen and oxygen atoms in total. The number of amides is 1. The first kappa shape index (κ1) is 11.9. The maximum absolute atomic E-state index is 11.9. The SMILES string of the molecule is CC1(CNC(=O)c2cccc(N)c2)CCCO1. The molecule has 1 amide bonds. The van der Waals surface area contributed by atoms with Gasteiger partial charge in [-0.15, -0.1) is 0 Å². The van der Waals surface area contributed by atoms with E-state index in [0.29, 0.717) is 17.8 Å². The molecule has 1 saturated heterocycles. The highest BCUT2D eigenvalue weighted by Crippen LogP contribution is 2.24. The van der Waals surface area contributed by atoms with E-state index in [0.717, 1.165) is 19.4 Å². The largest absolute Gasteiger partial charge is 0.399 e. The van der Waals surface area contributed by atoms with E-state index in [4.69, 9.17) is 10.5 Å². The van der Waals surface area contributed by atoms with E-state index < -0.39 is 0 Å². The summed E-state index contributed by atoms with van der Waals surface area (Å²) in [7, 11) is 0. The van der Waals surface area contributed by atoms with E-state index in [1.54, 1.807) is 24.3 Å². The average Bonchev–Trinajstić information content (AvgIpc) is 2.74. The third-order valence-electron chi connectivity index (χ3n) is 3.07. The van der Waals surface area contributed by atoms with E-state index in [1.165, 1.54) is 0 Å². The molecular weight excluding hydrogens is 216 g/mol. The van der Waals surface area contributed by atoms with E-state index in [-0.39, 0.29) is 11.5 Å². The fourth-order valence-electron chi connectivity index (χ4n) is 2.03. The summed E-state index contributed by atoms with van der Waals surface area (Å²) in [5, 5.41) is 2.89. The number of nitrogens with one attached hydrogen (secondary N) is 1. The molecule has 0 saturated carbocycles. The Kier molecular flexibility index (Phi) is 3.33. The van der Waals surface area contributed by atoms with Crippen molar-refractivity contribution in [3.63, 3.8) is 0 Å². The molecule has 1 aliphatic heterocycles. The quantitative estimate of drug-likeness (QED) is 0.780. The van der Waals surface area contributed by atoms with Crippen LogP contribution in [-0.4, -0.2) is 24.7 Å². The predicted molar refractivity (Wildman–Crippen MR) is 66.8 cm³/mol. The topological polar surface area (TPSA) is 64.4 Å². The van der Waals surface area contributed by atoms with Crippen molar-refractivity contribution in [3.8, 4) is 0 Å². The van der Waals surface area contributed by atoms with Crippen LogP contribution in [-0.2, 0) is 4.74 Å². The molecule has 1 atom stereocenters. The Morgan fingerprint density at radius 2 is 2.41 bits per heavy atom. The van der Waals surface area contributed by atoms with Crippen molar-refractivity contribution in [2.45, 2.75) is 25.4 Å². The molecule has 1 aromatic rings. The van der Waals surface area contributed by atoms with Gasteiger partial charge in [0.25, 0.3) is 5.91 Å². The molecule has 3 N–H and O–H groups in total. The molecule has 2 rings (SSSR count). The average molecular weight is 234 g/mol. The fraction of sp³-hybridized carbons (Fsp3) is 0.462. The van der Waals surface area contributed by atoms with Crippen molar-refractivity contribution in [1.82, 2.24) is 5.32 Å². The molecule has 0 aliphatic carbocycles. The molecule has 0 spiro atoms. The first-order valence-corrected chi connectivity index (χ1v) is 5.87. The lowest BCUT2D eigenvalue weighted by atomic mass is 10.0. The van der Waals surface area contributed by atoms with Crippen LogP contribution in [0.1, 0.15) is 30.1 Å². The highest BCUT2D eigenvalue weighted by molar-refractivity contribution is 5.95. The third kappa shape index (κ3) is 2.97. The van der Waals surface area contributed by atoms with Crippen LogP contribution in [0.2, 0.25) is 0 Å². The van der Waals surface area contributed by atoms with Crippen molar-refractivity contribution in [3.05, 3.63) is 29.8 Å². The summed E-state index contributed by atoms with van der Waals surface area (Å²) in [4.78, 5) is 11.9. The Balaban J connectivity index is 1.93. The van der Waals surface area contributed by atoms with Gasteiger partial charge in [0, 0.05) is 24.4 Å². The van der Waals surface area contributed by atoms with Crippen LogP contribution in [0.25, 0.3) is 0 Å². The van der Waals surface area contributed by atoms with Crippen LogP contribution in [0, 0.1) is 0 Å². The summed E-state index contributed by atoms with van der Waals surface area (Å²) >= 11 is 0. The first-order chi connectivity index (χ1) is 8.09. The lowest BCUT2D eigenvalue weighted by Crippen LogP contribution is -2.40. The molecule has 17 heavy (non-hydrogen) atoms. The number of rotatable bonds is 3. The first-order valence-electron chi connectivity index (χ1n) is 5.87. The normalized spacial score (nSPS) is 23.6. The third-order valence-corrected chi connectivity index (χ3v) is 3.07. The highest BCUT2D eigenvalue weighted by atomic mass is 16.5. The smallest absolute Gasteiger partial charge is 0.251 e. The molecule has 1 heterocycles. The predicted octanol–water partition coefficient (Wildman–Crippen LogP) is 1.57. The van der Waals surface area contributed by atoms with Gasteiger partial charge in [-0.05, 0) is 38.0 Å². The number of benzene rings is 1. The van der Waals surface area contributed by atoms with Gasteiger partial charge in [0.2, 0.25) is 0 Å². The van der Waals surface area contributed by atoms with Crippen LogP contribution in [0.4, 0.5) is 5.69 Å². The molecule has 1 fully saturated rings. The summed E-state index contributed by atoms with van der Waals surface area (Å²) < 4.78 is 5.61. The van der Waals surface area contributed by atoms with Crippen LogP contribution in [0.3, 0.4) is 0 Å². The second-order valence-corrected chi connectivity index (χ2v) is 4.71. The van der Waals surface area contributed by atoms with E-state index in [2.05, 4.69) is 5.32 Å². The van der Waals surface area contributed by atoms with E-state index in [9.17, 15) is 4.79 Å². The molecule has 1 aliphatic rings. The van der Waals surface area contributed by atoms with Gasteiger partial charge in [0.05, 0.1) is 5.60 Å². The molecule has 0 radical (unpaired) electrons. The Labute approximate surface area is 101 Å². The molecular formula is C13H18N2O2. The van der Waals surface area contributed by atoms with Crippen molar-refractivity contribution in [2.24, 2.45) is 0 Å². The maximum atomic E-state index is 11.9. The van der Waals surface area contributed by atoms with Crippen molar-refractivity contribution < 1.29 is 9.53 Å². The number of carbonyl (C=O) groups is 1. The zero-order chi connectivity index (χ0) is 12.3. The van der Waals surface area contributed by atoms with Crippen molar-refractivity contribution in [2.75, 3.05) is 18.9 Å². The zero-order valence-corrected chi connectivity index (χ0v) is 10.0. The van der Waals surface area contributed by atoms with Gasteiger partial charge in [-0.1, -0.05) is 6.07 Å². The molecule has 1 aromatic carbocycles. The summed E-state index contributed by atoms with van der Waals surface area (Å²) in [6.45, 7) is 3.35. The number of hydrogen-bond donors (Lipinski definition) is 2. The van der Waals surface area contributed by atoms with Crippen molar-refractivity contribution >= 4 is 11.6 Å². The standard InChI is InChI=1S/C13H18N2O2/c1-13(6-3-7-17-13)9-15-12(16)10-4-2-5-11(14)8-10/h2,4-5,8H,3,6-7,9,14H2,1H3,(H,15,16). The second-order valence-electron chi connectivity index (χ2n) is 4.71. The minimum absolute atomic E-state index is 0.103. The second kappa shape index (κ2) is 4.75. The van der Waals surface area contributed by atoms with Gasteiger partial charge in [-0.3, -0.25) is 4.79 Å². The lowest BCUT2D eigenvalue weighted by molar-refractivity contribution is 0.0206. The zero-order valence-electron chi connectivity index (χ0n) is 10.0. The number of nitrogens with two attached hydrogens (primary N) is 1. The number of nitrogen functional groups attached to an aromatic ring is 1. The van der Waals surface area contributed by atoms with Gasteiger partial charge in [0.1, 0.15) is 0 Å². The van der Waals surface area contributed by atoms with E-state index >= 15 is 0 Å². The molecule has 1 unspecified atom stereocenters. The fourth-order valence-corrected chi connectivity index (χ4v) is 2.03. The van der Waals surface area contributed by atoms with Crippen LogP contribution in [0.5, 0.6) is 0 Å². The Bertz CT molecular complexity index is 412. The monoisotopic (exact) mass is 234 g/mol. The van der Waals surface area contributed by atoms with Crippen LogP contribution in [0.15, 0.2) is 24.3 Å². The molecule has 0 bridgehead atoms. The number of hydrogen-bond acceptors (Lipinski definition) is 3. The van der Waals surface area contributed by atoms with Crippen molar-refractivity contribution in [1.29, 1.82) is 0 Å². The summed E-state index contributed by atoms with van der Waals surface area (Å²) in [6, 6.07) is 6.97. The Morgan fingerprint density at radius 1 is 1.59 bits per heavy atom. The Hall–Kier alpha value is -1.55. The lowest BCUT2D eigenvalue weighted by Gasteiger charge is -2.23. The maximum Gasteiger partial charge on any atom is 0.251 e. The summed E-state index contributed by atoms with van der Waals surface area (Å²) in [5.74, 6) is -0.103. The number of anilines is 1. The van der Waals surface area contributed by atoms with Gasteiger partial charge < -0.3 is 15.8 Å². The van der Waals surface area contributed by atoms with E-state index in [1.807, 2.05) is 6.92 Å². The van der Waals surface area contributed by atoms with Gasteiger partial charge in [-0.25, -0.2) is 0 Å². The molecule has 92 valence electrons. The van der Waals surface area contributed by atoms with Gasteiger partial charge in [0.15, 0.2) is 0 Å². The summed E-state index contributed by atoms with van der Waals surface area (Å²) in [5.41, 5.74) is 6.61. The van der Waals surface area contributed by atoms with Gasteiger partial charge in [-0.2, -0.15) is 0 Å².